The molecule has 282 valence electrons. The maximum absolute atomic E-state index is 13.4. The molecule has 18 heteroatoms. The summed E-state index contributed by atoms with van der Waals surface area (Å²) in [4.78, 5) is 49.6. The van der Waals surface area contributed by atoms with Gasteiger partial charge in [0.25, 0.3) is 5.91 Å². The van der Waals surface area contributed by atoms with Crippen molar-refractivity contribution < 1.29 is 51.6 Å². The predicted octanol–water partition coefficient (Wildman–Crippen LogP) is 5.60. The Morgan fingerprint density at radius 1 is 0.942 bits per heavy atom. The summed E-state index contributed by atoms with van der Waals surface area (Å²) in [6.45, 7) is 4.27. The molecule has 3 aromatic rings. The highest BCUT2D eigenvalue weighted by atomic mass is 19.4. The Morgan fingerprint density at radius 2 is 1.63 bits per heavy atom. The van der Waals surface area contributed by atoms with Crippen molar-refractivity contribution in [1.82, 2.24) is 25.6 Å². The standard InChI is InChI=1S/C34H42F3N7O8/c1-33(2,3)52-32(48)38-15-14-25(28(46)47)41-27(45)24-13-10-22-18-26(24)50-17-7-5-4-6-16-49-23-11-8-21(9-12-23)19-39-29-42-30(40-22)44-31(43-29)51-20-34(35,36)37/h8-13,18,25H,4-7,14-17,19-20H2,1-3H3,(H,38,48)(H,41,45)(H,46,47)(H2,39,40,42,43,44)/t25-/m1/s1. The lowest BCUT2D eigenvalue weighted by Crippen LogP contribution is -2.43. The van der Waals surface area contributed by atoms with E-state index in [4.69, 9.17) is 18.9 Å². The Balaban J connectivity index is 1.57. The summed E-state index contributed by atoms with van der Waals surface area (Å²) in [5, 5.41) is 20.6. The van der Waals surface area contributed by atoms with E-state index in [0.717, 1.165) is 24.8 Å². The van der Waals surface area contributed by atoms with E-state index >= 15 is 0 Å². The largest absolute Gasteiger partial charge is 0.494 e. The number of benzene rings is 2. The summed E-state index contributed by atoms with van der Waals surface area (Å²) in [6.07, 6.45) is -2.43. The van der Waals surface area contributed by atoms with Gasteiger partial charge in [0.2, 0.25) is 11.9 Å². The van der Waals surface area contributed by atoms with Crippen LogP contribution in [0.4, 0.5) is 35.5 Å². The maximum atomic E-state index is 13.4. The lowest BCUT2D eigenvalue weighted by Gasteiger charge is -2.20. The Bertz CT molecular complexity index is 1670. The number of aliphatic carboxylic acids is 1. The van der Waals surface area contributed by atoms with Gasteiger partial charge in [-0.05, 0) is 82.7 Å². The summed E-state index contributed by atoms with van der Waals surface area (Å²) in [5.41, 5.74) is 0.383. The monoisotopic (exact) mass is 733 g/mol. The number of carboxylic acids is 1. The number of ether oxygens (including phenoxy) is 4. The first-order valence-electron chi connectivity index (χ1n) is 16.6. The second-order valence-electron chi connectivity index (χ2n) is 12.7. The average Bonchev–Trinajstić information content (AvgIpc) is 3.06. The van der Waals surface area contributed by atoms with Gasteiger partial charge >= 0.3 is 24.2 Å². The molecule has 52 heavy (non-hydrogen) atoms. The summed E-state index contributed by atoms with van der Waals surface area (Å²) < 4.78 is 60.7. The summed E-state index contributed by atoms with van der Waals surface area (Å²) in [5.74, 6) is -1.55. The van der Waals surface area contributed by atoms with E-state index < -0.39 is 48.4 Å². The average molecular weight is 734 g/mol. The molecule has 3 heterocycles. The van der Waals surface area contributed by atoms with Crippen LogP contribution in [-0.2, 0) is 16.1 Å². The minimum atomic E-state index is -4.64. The second kappa shape index (κ2) is 18.1. The molecule has 15 nitrogen and oxygen atoms in total. The fraction of sp³-hybridized carbons (Fsp3) is 0.471. The molecule has 0 aliphatic carbocycles. The van der Waals surface area contributed by atoms with Gasteiger partial charge < -0.3 is 45.3 Å². The number of aromatic nitrogens is 3. The molecule has 0 radical (unpaired) electrons. The molecule has 0 unspecified atom stereocenters. The number of anilines is 3. The Hall–Kier alpha value is -5.55. The maximum Gasteiger partial charge on any atom is 0.422 e. The zero-order valence-corrected chi connectivity index (χ0v) is 29.0. The number of alkyl halides is 3. The van der Waals surface area contributed by atoms with Crippen LogP contribution in [0.3, 0.4) is 0 Å². The Kier molecular flexibility index (Phi) is 13.7. The number of carbonyl (C=O) groups is 3. The van der Waals surface area contributed by atoms with Crippen LogP contribution in [0.15, 0.2) is 42.5 Å². The van der Waals surface area contributed by atoms with Crippen LogP contribution in [0.5, 0.6) is 17.5 Å². The van der Waals surface area contributed by atoms with Gasteiger partial charge in [-0.2, -0.15) is 28.1 Å². The number of amides is 2. The third-order valence-corrected chi connectivity index (χ3v) is 7.11. The molecular formula is C34H42F3N7O8. The highest BCUT2D eigenvalue weighted by Crippen LogP contribution is 2.27. The van der Waals surface area contributed by atoms with Crippen molar-refractivity contribution in [2.45, 2.75) is 77.2 Å². The van der Waals surface area contributed by atoms with Gasteiger partial charge in [-0.1, -0.05) is 12.1 Å². The molecule has 2 aliphatic heterocycles. The number of nitrogens with zero attached hydrogens (tertiary/aromatic N) is 3. The first-order chi connectivity index (χ1) is 24.6. The van der Waals surface area contributed by atoms with E-state index in [9.17, 15) is 32.7 Å². The lowest BCUT2D eigenvalue weighted by molar-refractivity contribution is -0.154. The van der Waals surface area contributed by atoms with Gasteiger partial charge in [0.1, 0.15) is 23.1 Å². The molecule has 2 aliphatic rings. The molecule has 1 aromatic heterocycles. The smallest absolute Gasteiger partial charge is 0.422 e. The quantitative estimate of drug-likeness (QED) is 0.192. The van der Waals surface area contributed by atoms with Gasteiger partial charge in [0.15, 0.2) is 6.61 Å². The molecule has 0 saturated carbocycles. The van der Waals surface area contributed by atoms with E-state index in [1.165, 1.54) is 18.2 Å². The molecule has 2 aromatic carbocycles. The SMILES string of the molecule is CC(C)(C)OC(=O)NCC[C@@H](NC(=O)c1ccc2cc1OCCCCCCOc1ccc(cc1)CNc1nc(nc(OCC(F)(F)F)n1)N2)C(=O)O. The zero-order chi connectivity index (χ0) is 37.7. The predicted molar refractivity (Wildman–Crippen MR) is 182 cm³/mol. The number of hydrogen-bond acceptors (Lipinski definition) is 12. The van der Waals surface area contributed by atoms with Crippen LogP contribution in [0, 0.1) is 0 Å². The fourth-order valence-corrected chi connectivity index (χ4v) is 4.68. The third-order valence-electron chi connectivity index (χ3n) is 7.11. The zero-order valence-electron chi connectivity index (χ0n) is 29.0. The second-order valence-corrected chi connectivity index (χ2v) is 12.7. The highest BCUT2D eigenvalue weighted by molar-refractivity contribution is 5.99. The van der Waals surface area contributed by atoms with Gasteiger partial charge in [-0.15, -0.1) is 0 Å². The molecule has 0 fully saturated rings. The van der Waals surface area contributed by atoms with Crippen LogP contribution in [-0.4, -0.2) is 82.2 Å². The highest BCUT2D eigenvalue weighted by Gasteiger charge is 2.29. The number of halogens is 3. The lowest BCUT2D eigenvalue weighted by atomic mass is 10.1. The molecule has 1 atom stereocenters. The van der Waals surface area contributed by atoms with Crippen molar-refractivity contribution in [2.24, 2.45) is 0 Å². The van der Waals surface area contributed by atoms with Crippen molar-refractivity contribution in [2.75, 3.05) is 37.0 Å². The van der Waals surface area contributed by atoms with Crippen LogP contribution in [0.2, 0.25) is 0 Å². The summed E-state index contributed by atoms with van der Waals surface area (Å²) >= 11 is 0. The number of fused-ring (bicyclic) bond motifs is 10. The fourth-order valence-electron chi connectivity index (χ4n) is 4.68. The molecule has 2 amide bonds. The molecule has 6 bridgehead atoms. The third kappa shape index (κ3) is 13.6. The van der Waals surface area contributed by atoms with E-state index in [1.54, 1.807) is 20.8 Å². The van der Waals surface area contributed by atoms with Crippen molar-refractivity contribution in [3.8, 4) is 17.5 Å². The molecule has 0 spiro atoms. The topological polar surface area (TPSA) is 195 Å². The number of alkyl carbamates (subject to hydrolysis) is 1. The molecule has 5 N–H and O–H groups in total. The van der Waals surface area contributed by atoms with Crippen LogP contribution >= 0.6 is 0 Å². The number of carboxylic acid groups (broad SMARTS) is 1. The van der Waals surface area contributed by atoms with E-state index in [-0.39, 0.29) is 49.3 Å². The first-order valence-corrected chi connectivity index (χ1v) is 16.6. The van der Waals surface area contributed by atoms with Crippen LogP contribution < -0.4 is 35.5 Å². The molecular weight excluding hydrogens is 691 g/mol. The van der Waals surface area contributed by atoms with Crippen molar-refractivity contribution in [3.63, 3.8) is 0 Å². The van der Waals surface area contributed by atoms with Crippen LogP contribution in [0.25, 0.3) is 0 Å². The number of nitrogens with one attached hydrogen (secondary N) is 4. The van der Waals surface area contributed by atoms with Crippen molar-refractivity contribution >= 4 is 35.6 Å². The van der Waals surface area contributed by atoms with Crippen LogP contribution in [0.1, 0.15) is 68.8 Å². The van der Waals surface area contributed by atoms with Gasteiger partial charge in [0, 0.05) is 24.8 Å². The number of hydrogen-bond donors (Lipinski definition) is 5. The van der Waals surface area contributed by atoms with E-state index in [2.05, 4.69) is 36.2 Å². The number of carbonyl (C=O) groups excluding carboxylic acids is 2. The molecule has 5 rings (SSSR count). The van der Waals surface area contributed by atoms with Gasteiger partial charge in [-0.3, -0.25) is 4.79 Å². The van der Waals surface area contributed by atoms with E-state index in [1.807, 2.05) is 24.3 Å². The van der Waals surface area contributed by atoms with Gasteiger partial charge in [-0.25, -0.2) is 9.59 Å². The van der Waals surface area contributed by atoms with Crippen molar-refractivity contribution in [1.29, 1.82) is 0 Å². The normalized spacial score (nSPS) is 14.5. The molecule has 0 saturated heterocycles. The Morgan fingerprint density at radius 3 is 2.31 bits per heavy atom. The minimum absolute atomic E-state index is 0.0143. The first kappa shape index (κ1) is 39.2. The minimum Gasteiger partial charge on any atom is -0.494 e. The van der Waals surface area contributed by atoms with Crippen molar-refractivity contribution in [3.05, 3.63) is 53.6 Å². The Labute approximate surface area is 298 Å². The van der Waals surface area contributed by atoms with Gasteiger partial charge in [0.05, 0.1) is 18.8 Å². The van der Waals surface area contributed by atoms with E-state index in [0.29, 0.717) is 24.5 Å². The number of rotatable bonds is 8. The summed E-state index contributed by atoms with van der Waals surface area (Å²) in [6, 6.07) is 9.65. The summed E-state index contributed by atoms with van der Waals surface area (Å²) in [7, 11) is 0.